The van der Waals surface area contributed by atoms with Gasteiger partial charge in [-0.05, 0) is 63.6 Å². The molecule has 1 aliphatic rings. The predicted molar refractivity (Wildman–Crippen MR) is 104 cm³/mol. The van der Waals surface area contributed by atoms with E-state index in [1.807, 2.05) is 0 Å². The van der Waals surface area contributed by atoms with Crippen molar-refractivity contribution in [3.63, 3.8) is 0 Å². The molecule has 1 heterocycles. The van der Waals surface area contributed by atoms with Gasteiger partial charge in [-0.2, -0.15) is 0 Å². The summed E-state index contributed by atoms with van der Waals surface area (Å²) in [5, 5.41) is 3.80. The van der Waals surface area contributed by atoms with Gasteiger partial charge in [0.05, 0.1) is 0 Å². The zero-order valence-electron chi connectivity index (χ0n) is 17.0. The van der Waals surface area contributed by atoms with Crippen LogP contribution < -0.4 is 5.32 Å². The first-order valence-corrected chi connectivity index (χ1v) is 10.3. The molecule has 0 spiro atoms. The number of piperidine rings is 1. The largest absolute Gasteiger partial charge is 0.314 e. The van der Waals surface area contributed by atoms with E-state index in [0.717, 1.165) is 18.0 Å². The van der Waals surface area contributed by atoms with Gasteiger partial charge in [-0.15, -0.1) is 0 Å². The molecular formula is C21H44N2. The first-order valence-electron chi connectivity index (χ1n) is 10.3. The third-order valence-electron chi connectivity index (χ3n) is 5.61. The molecule has 1 fully saturated rings. The maximum atomic E-state index is 3.80. The second-order valence-corrected chi connectivity index (χ2v) is 9.33. The lowest BCUT2D eigenvalue weighted by Gasteiger charge is -2.38. The van der Waals surface area contributed by atoms with Crippen molar-refractivity contribution >= 4 is 0 Å². The fraction of sp³-hybridized carbons (Fsp3) is 1.00. The van der Waals surface area contributed by atoms with Gasteiger partial charge in [-0.3, -0.25) is 0 Å². The summed E-state index contributed by atoms with van der Waals surface area (Å²) >= 11 is 0. The first kappa shape index (κ1) is 21.0. The van der Waals surface area contributed by atoms with Crippen LogP contribution in [0.1, 0.15) is 92.9 Å². The van der Waals surface area contributed by atoms with Gasteiger partial charge in [0, 0.05) is 12.1 Å². The van der Waals surface area contributed by atoms with Crippen LogP contribution in [-0.2, 0) is 0 Å². The van der Waals surface area contributed by atoms with E-state index in [9.17, 15) is 0 Å². The van der Waals surface area contributed by atoms with Crippen LogP contribution >= 0.6 is 0 Å². The highest BCUT2D eigenvalue weighted by Crippen LogP contribution is 2.22. The SMILES string of the molecule is CC(C)C(C)N1CCC(NCCCCCCCC(C)(C)C)CC1. The summed E-state index contributed by atoms with van der Waals surface area (Å²) in [7, 11) is 0. The summed E-state index contributed by atoms with van der Waals surface area (Å²) in [5.74, 6) is 0.776. The van der Waals surface area contributed by atoms with Gasteiger partial charge in [0.15, 0.2) is 0 Å². The van der Waals surface area contributed by atoms with Gasteiger partial charge in [0.25, 0.3) is 0 Å². The average Bonchev–Trinajstić information content (AvgIpc) is 2.48. The zero-order chi connectivity index (χ0) is 17.3. The first-order chi connectivity index (χ1) is 10.8. The Kier molecular flexibility index (Phi) is 9.77. The quantitative estimate of drug-likeness (QED) is 0.536. The van der Waals surface area contributed by atoms with Crippen LogP contribution in [0.25, 0.3) is 0 Å². The lowest BCUT2D eigenvalue weighted by Crippen LogP contribution is -2.47. The molecule has 0 aromatic rings. The molecule has 23 heavy (non-hydrogen) atoms. The Morgan fingerprint density at radius 2 is 1.48 bits per heavy atom. The second-order valence-electron chi connectivity index (χ2n) is 9.33. The molecule has 0 aliphatic carbocycles. The molecule has 1 aliphatic heterocycles. The Bertz CT molecular complexity index is 285. The van der Waals surface area contributed by atoms with Crippen molar-refractivity contribution in [3.8, 4) is 0 Å². The molecule has 1 rings (SSSR count). The van der Waals surface area contributed by atoms with Gasteiger partial charge in [-0.25, -0.2) is 0 Å². The predicted octanol–water partition coefficient (Wildman–Crippen LogP) is 5.47. The van der Waals surface area contributed by atoms with Crippen molar-refractivity contribution < 1.29 is 0 Å². The van der Waals surface area contributed by atoms with Crippen LogP contribution in [0, 0.1) is 11.3 Å². The van der Waals surface area contributed by atoms with Crippen molar-refractivity contribution in [1.82, 2.24) is 10.2 Å². The number of hydrogen-bond donors (Lipinski definition) is 1. The summed E-state index contributed by atoms with van der Waals surface area (Å²) in [6.07, 6.45) is 11.1. The number of hydrogen-bond acceptors (Lipinski definition) is 2. The third kappa shape index (κ3) is 9.72. The molecule has 0 aromatic heterocycles. The van der Waals surface area contributed by atoms with Crippen LogP contribution in [0.4, 0.5) is 0 Å². The van der Waals surface area contributed by atoms with Crippen molar-refractivity contribution in [2.75, 3.05) is 19.6 Å². The highest BCUT2D eigenvalue weighted by Gasteiger charge is 2.23. The van der Waals surface area contributed by atoms with Crippen LogP contribution in [0.2, 0.25) is 0 Å². The fourth-order valence-corrected chi connectivity index (χ4v) is 3.55. The number of rotatable bonds is 10. The molecular weight excluding hydrogens is 280 g/mol. The molecule has 0 amide bonds. The Hall–Kier alpha value is -0.0800. The highest BCUT2D eigenvalue weighted by atomic mass is 15.2. The number of nitrogens with zero attached hydrogens (tertiary/aromatic N) is 1. The number of likely N-dealkylation sites (tertiary alicyclic amines) is 1. The average molecular weight is 325 g/mol. The molecule has 138 valence electrons. The van der Waals surface area contributed by atoms with E-state index in [-0.39, 0.29) is 0 Å². The molecule has 0 saturated carbocycles. The number of nitrogens with one attached hydrogen (secondary N) is 1. The standard InChI is InChI=1S/C21H44N2/c1-18(2)19(3)23-16-12-20(13-17-23)22-15-11-9-7-8-10-14-21(4,5)6/h18-20,22H,7-17H2,1-6H3. The third-order valence-corrected chi connectivity index (χ3v) is 5.61. The maximum Gasteiger partial charge on any atom is 0.00914 e. The van der Waals surface area contributed by atoms with E-state index < -0.39 is 0 Å². The minimum Gasteiger partial charge on any atom is -0.314 e. The molecule has 0 bridgehead atoms. The summed E-state index contributed by atoms with van der Waals surface area (Å²) in [5.41, 5.74) is 0.517. The van der Waals surface area contributed by atoms with Crippen LogP contribution in [0.3, 0.4) is 0 Å². The van der Waals surface area contributed by atoms with Crippen LogP contribution in [-0.4, -0.2) is 36.6 Å². The Labute approximate surface area is 146 Å². The molecule has 1 atom stereocenters. The monoisotopic (exact) mass is 324 g/mol. The van der Waals surface area contributed by atoms with E-state index >= 15 is 0 Å². The van der Waals surface area contributed by atoms with Crippen LogP contribution in [0.15, 0.2) is 0 Å². The zero-order valence-corrected chi connectivity index (χ0v) is 17.0. The molecule has 2 heteroatoms. The van der Waals surface area contributed by atoms with E-state index in [1.54, 1.807) is 0 Å². The van der Waals surface area contributed by atoms with E-state index in [1.165, 1.54) is 71.0 Å². The van der Waals surface area contributed by atoms with E-state index in [0.29, 0.717) is 5.41 Å². The van der Waals surface area contributed by atoms with Crippen LogP contribution in [0.5, 0.6) is 0 Å². The molecule has 1 N–H and O–H groups in total. The fourth-order valence-electron chi connectivity index (χ4n) is 3.55. The number of unbranched alkanes of at least 4 members (excludes halogenated alkanes) is 4. The second kappa shape index (κ2) is 10.7. The molecule has 1 unspecified atom stereocenters. The van der Waals surface area contributed by atoms with Gasteiger partial charge >= 0.3 is 0 Å². The summed E-state index contributed by atoms with van der Waals surface area (Å²) in [6.45, 7) is 17.9. The topological polar surface area (TPSA) is 15.3 Å². The van der Waals surface area contributed by atoms with Crippen molar-refractivity contribution in [2.24, 2.45) is 11.3 Å². The lowest BCUT2D eigenvalue weighted by molar-refractivity contribution is 0.124. The lowest BCUT2D eigenvalue weighted by atomic mass is 9.89. The normalized spacial score (nSPS) is 19.4. The Balaban J connectivity index is 1.96. The molecule has 1 saturated heterocycles. The van der Waals surface area contributed by atoms with Crippen molar-refractivity contribution in [1.29, 1.82) is 0 Å². The molecule has 0 radical (unpaired) electrons. The Morgan fingerprint density at radius 1 is 0.913 bits per heavy atom. The van der Waals surface area contributed by atoms with Gasteiger partial charge in [-0.1, -0.05) is 60.3 Å². The van der Waals surface area contributed by atoms with Gasteiger partial charge in [0.1, 0.15) is 0 Å². The van der Waals surface area contributed by atoms with E-state index in [2.05, 4.69) is 51.8 Å². The highest BCUT2D eigenvalue weighted by molar-refractivity contribution is 4.81. The maximum absolute atomic E-state index is 3.80. The summed E-state index contributed by atoms with van der Waals surface area (Å²) in [4.78, 5) is 2.68. The molecule has 2 nitrogen and oxygen atoms in total. The van der Waals surface area contributed by atoms with Crippen molar-refractivity contribution in [2.45, 2.75) is 105 Å². The minimum absolute atomic E-state index is 0.517. The van der Waals surface area contributed by atoms with Gasteiger partial charge < -0.3 is 10.2 Å². The smallest absolute Gasteiger partial charge is 0.00914 e. The summed E-state index contributed by atoms with van der Waals surface area (Å²) in [6, 6.07) is 1.51. The molecule has 0 aromatic carbocycles. The van der Waals surface area contributed by atoms with E-state index in [4.69, 9.17) is 0 Å². The Morgan fingerprint density at radius 3 is 2.04 bits per heavy atom. The van der Waals surface area contributed by atoms with Gasteiger partial charge in [0.2, 0.25) is 0 Å². The van der Waals surface area contributed by atoms with Crippen molar-refractivity contribution in [3.05, 3.63) is 0 Å². The summed E-state index contributed by atoms with van der Waals surface area (Å²) < 4.78 is 0. The minimum atomic E-state index is 0.517.